The molecule has 1 aliphatic heterocycles. The number of likely N-dealkylation sites (tertiary alicyclic amines) is 1. The minimum absolute atomic E-state index is 0.162. The number of anilines is 1. The van der Waals surface area contributed by atoms with Crippen LogP contribution in [0.15, 0.2) is 24.3 Å². The van der Waals surface area contributed by atoms with Crippen LogP contribution in [0.1, 0.15) is 19.8 Å². The Morgan fingerprint density at radius 2 is 2.00 bits per heavy atom. The monoisotopic (exact) mass is 326 g/mol. The van der Waals surface area contributed by atoms with Gasteiger partial charge in [0.2, 0.25) is 15.9 Å². The Bertz CT molecular complexity index is 624. The first kappa shape index (κ1) is 16.6. The third-order valence-corrected chi connectivity index (χ3v) is 4.70. The summed E-state index contributed by atoms with van der Waals surface area (Å²) in [6.45, 7) is 3.59. The lowest BCUT2D eigenvalue weighted by Gasteiger charge is -2.25. The number of carbonyl (C=O) groups excluding carboxylic acids is 1. The Kier molecular flexibility index (Phi) is 5.28. The van der Waals surface area contributed by atoms with Gasteiger partial charge in [-0.05, 0) is 31.9 Å². The average Bonchev–Trinajstić information content (AvgIpc) is 2.98. The molecule has 0 aliphatic carbocycles. The van der Waals surface area contributed by atoms with Crippen molar-refractivity contribution in [2.24, 2.45) is 0 Å². The molecule has 1 aromatic carbocycles. The van der Waals surface area contributed by atoms with E-state index in [0.29, 0.717) is 31.1 Å². The zero-order valence-electron chi connectivity index (χ0n) is 13.0. The van der Waals surface area contributed by atoms with E-state index in [9.17, 15) is 13.2 Å². The summed E-state index contributed by atoms with van der Waals surface area (Å²) in [7, 11) is -3.54. The van der Waals surface area contributed by atoms with Gasteiger partial charge >= 0.3 is 0 Å². The molecule has 2 rings (SSSR count). The van der Waals surface area contributed by atoms with Crippen molar-refractivity contribution in [2.45, 2.75) is 19.8 Å². The lowest BCUT2D eigenvalue weighted by molar-refractivity contribution is -0.128. The molecule has 1 amide bonds. The van der Waals surface area contributed by atoms with Crippen molar-refractivity contribution in [1.82, 2.24) is 4.90 Å². The van der Waals surface area contributed by atoms with Crippen LogP contribution in [0.25, 0.3) is 0 Å². The molecule has 122 valence electrons. The zero-order chi connectivity index (χ0) is 16.2. The SMILES string of the molecule is CCOc1cccc(N(CC(=O)N2CCCC2)S(C)(=O)=O)c1. The second-order valence-corrected chi connectivity index (χ2v) is 7.19. The fourth-order valence-corrected chi connectivity index (χ4v) is 3.33. The Balaban J connectivity index is 2.22. The number of carbonyl (C=O) groups is 1. The zero-order valence-corrected chi connectivity index (χ0v) is 13.8. The van der Waals surface area contributed by atoms with E-state index < -0.39 is 10.0 Å². The fourth-order valence-electron chi connectivity index (χ4n) is 2.48. The van der Waals surface area contributed by atoms with Crippen molar-refractivity contribution in [2.75, 3.05) is 36.8 Å². The molecule has 0 bridgehead atoms. The highest BCUT2D eigenvalue weighted by atomic mass is 32.2. The first-order valence-electron chi connectivity index (χ1n) is 7.40. The molecule has 0 unspecified atom stereocenters. The molecule has 1 fully saturated rings. The van der Waals surface area contributed by atoms with Crippen LogP contribution in [0.3, 0.4) is 0 Å². The standard InChI is InChI=1S/C15H22N2O4S/c1-3-21-14-8-6-7-13(11-14)17(22(2,19)20)12-15(18)16-9-4-5-10-16/h6-8,11H,3-5,9-10,12H2,1-2H3. The molecule has 0 spiro atoms. The Morgan fingerprint density at radius 3 is 2.59 bits per heavy atom. The van der Waals surface area contributed by atoms with Gasteiger partial charge < -0.3 is 9.64 Å². The maximum absolute atomic E-state index is 12.3. The van der Waals surface area contributed by atoms with E-state index >= 15 is 0 Å². The molecule has 1 aliphatic rings. The van der Waals surface area contributed by atoms with Crippen LogP contribution in [0.4, 0.5) is 5.69 Å². The normalized spacial score (nSPS) is 14.9. The lowest BCUT2D eigenvalue weighted by Crippen LogP contribution is -2.41. The van der Waals surface area contributed by atoms with Crippen molar-refractivity contribution in [3.05, 3.63) is 24.3 Å². The Labute approximate surface area is 131 Å². The molecule has 0 saturated carbocycles. The van der Waals surface area contributed by atoms with Gasteiger partial charge in [-0.2, -0.15) is 0 Å². The van der Waals surface area contributed by atoms with Gasteiger partial charge in [0, 0.05) is 19.2 Å². The summed E-state index contributed by atoms with van der Waals surface area (Å²) in [5, 5.41) is 0. The van der Waals surface area contributed by atoms with Gasteiger partial charge in [-0.25, -0.2) is 8.42 Å². The quantitative estimate of drug-likeness (QED) is 0.794. The van der Waals surface area contributed by atoms with Crippen molar-refractivity contribution >= 4 is 21.6 Å². The summed E-state index contributed by atoms with van der Waals surface area (Å²) in [5.74, 6) is 0.423. The molecule has 0 atom stereocenters. The van der Waals surface area contributed by atoms with E-state index in [0.717, 1.165) is 23.4 Å². The van der Waals surface area contributed by atoms with Crippen LogP contribution in [0, 0.1) is 0 Å². The Hall–Kier alpha value is -1.76. The number of rotatable bonds is 6. The number of nitrogens with zero attached hydrogens (tertiary/aromatic N) is 2. The largest absolute Gasteiger partial charge is 0.494 e. The molecule has 1 saturated heterocycles. The van der Waals surface area contributed by atoms with Crippen molar-refractivity contribution in [1.29, 1.82) is 0 Å². The third kappa shape index (κ3) is 4.13. The van der Waals surface area contributed by atoms with Crippen molar-refractivity contribution in [3.8, 4) is 5.75 Å². The second kappa shape index (κ2) is 7.00. The van der Waals surface area contributed by atoms with E-state index in [-0.39, 0.29) is 12.5 Å². The molecular formula is C15H22N2O4S. The lowest BCUT2D eigenvalue weighted by atomic mass is 10.3. The predicted octanol–water partition coefficient (Wildman–Crippen LogP) is 1.47. The van der Waals surface area contributed by atoms with Crippen molar-refractivity contribution in [3.63, 3.8) is 0 Å². The maximum Gasteiger partial charge on any atom is 0.243 e. The van der Waals surface area contributed by atoms with Gasteiger partial charge in [-0.3, -0.25) is 9.10 Å². The first-order valence-corrected chi connectivity index (χ1v) is 9.25. The predicted molar refractivity (Wildman–Crippen MR) is 85.6 cm³/mol. The number of benzene rings is 1. The van der Waals surface area contributed by atoms with Gasteiger partial charge in [0.15, 0.2) is 0 Å². The van der Waals surface area contributed by atoms with Gasteiger partial charge in [0.05, 0.1) is 18.6 Å². The number of hydrogen-bond donors (Lipinski definition) is 0. The average molecular weight is 326 g/mol. The summed E-state index contributed by atoms with van der Waals surface area (Å²) < 4.78 is 30.7. The maximum atomic E-state index is 12.3. The number of hydrogen-bond acceptors (Lipinski definition) is 4. The smallest absolute Gasteiger partial charge is 0.243 e. The summed E-state index contributed by atoms with van der Waals surface area (Å²) in [5.41, 5.74) is 0.445. The van der Waals surface area contributed by atoms with Crippen LogP contribution >= 0.6 is 0 Å². The highest BCUT2D eigenvalue weighted by Crippen LogP contribution is 2.23. The molecule has 22 heavy (non-hydrogen) atoms. The second-order valence-electron chi connectivity index (χ2n) is 5.29. The van der Waals surface area contributed by atoms with E-state index in [1.807, 2.05) is 6.92 Å². The van der Waals surface area contributed by atoms with Gasteiger partial charge in [0.1, 0.15) is 12.3 Å². The molecule has 7 heteroatoms. The third-order valence-electron chi connectivity index (χ3n) is 3.55. The molecule has 0 N–H and O–H groups in total. The van der Waals surface area contributed by atoms with Gasteiger partial charge in [-0.1, -0.05) is 6.07 Å². The molecule has 0 radical (unpaired) electrons. The molecule has 6 nitrogen and oxygen atoms in total. The summed E-state index contributed by atoms with van der Waals surface area (Å²) in [6.07, 6.45) is 3.06. The van der Waals surface area contributed by atoms with Crippen LogP contribution in [-0.4, -0.2) is 51.7 Å². The minimum atomic E-state index is -3.54. The number of sulfonamides is 1. The van der Waals surface area contributed by atoms with E-state index in [1.54, 1.807) is 29.2 Å². The van der Waals surface area contributed by atoms with Crippen LogP contribution < -0.4 is 9.04 Å². The van der Waals surface area contributed by atoms with Crippen LogP contribution in [0.2, 0.25) is 0 Å². The van der Waals surface area contributed by atoms with Gasteiger partial charge in [-0.15, -0.1) is 0 Å². The van der Waals surface area contributed by atoms with Crippen molar-refractivity contribution < 1.29 is 17.9 Å². The molecule has 0 aromatic heterocycles. The first-order chi connectivity index (χ1) is 10.4. The van der Waals surface area contributed by atoms with Crippen LogP contribution in [-0.2, 0) is 14.8 Å². The fraction of sp³-hybridized carbons (Fsp3) is 0.533. The minimum Gasteiger partial charge on any atom is -0.494 e. The molecule has 1 heterocycles. The summed E-state index contributed by atoms with van der Waals surface area (Å²) in [6, 6.07) is 6.79. The van der Waals surface area contributed by atoms with E-state index in [4.69, 9.17) is 4.74 Å². The molecular weight excluding hydrogens is 304 g/mol. The topological polar surface area (TPSA) is 66.9 Å². The number of amides is 1. The Morgan fingerprint density at radius 1 is 1.32 bits per heavy atom. The summed E-state index contributed by atoms with van der Waals surface area (Å²) >= 11 is 0. The number of ether oxygens (including phenoxy) is 1. The van der Waals surface area contributed by atoms with E-state index in [2.05, 4.69) is 0 Å². The van der Waals surface area contributed by atoms with E-state index in [1.165, 1.54) is 0 Å². The summed E-state index contributed by atoms with van der Waals surface area (Å²) in [4.78, 5) is 14.0. The van der Waals surface area contributed by atoms with Crippen LogP contribution in [0.5, 0.6) is 5.75 Å². The van der Waals surface area contributed by atoms with Gasteiger partial charge in [0.25, 0.3) is 0 Å². The highest BCUT2D eigenvalue weighted by molar-refractivity contribution is 7.92. The highest BCUT2D eigenvalue weighted by Gasteiger charge is 2.25. The molecule has 1 aromatic rings.